The minimum absolute atomic E-state index is 0.0198. The van der Waals surface area contributed by atoms with Gasteiger partial charge < -0.3 is 10.9 Å². The third kappa shape index (κ3) is 3.66. The van der Waals surface area contributed by atoms with Crippen LogP contribution in [0.5, 0.6) is 0 Å². The molecule has 0 aliphatic rings. The highest BCUT2D eigenvalue weighted by molar-refractivity contribution is 5.80. The smallest absolute Gasteiger partial charge is 0.140 e. The lowest BCUT2D eigenvalue weighted by Crippen LogP contribution is -2.33. The molecule has 18 heavy (non-hydrogen) atoms. The van der Waals surface area contributed by atoms with E-state index in [1.54, 1.807) is 11.9 Å². The van der Waals surface area contributed by atoms with Crippen molar-refractivity contribution in [3.63, 3.8) is 0 Å². The van der Waals surface area contributed by atoms with Crippen molar-refractivity contribution in [3.05, 3.63) is 35.4 Å². The van der Waals surface area contributed by atoms with Crippen LogP contribution < -0.4 is 5.73 Å². The minimum atomic E-state index is -0.571. The number of oxime groups is 1. The zero-order chi connectivity index (χ0) is 13.7. The molecule has 0 saturated carbocycles. The van der Waals surface area contributed by atoms with Gasteiger partial charge in [-0.05, 0) is 26.1 Å². The maximum atomic E-state index is 13.4. The number of hydrogen-bond donors (Lipinski definition) is 2. The van der Waals surface area contributed by atoms with Gasteiger partial charge in [0.1, 0.15) is 17.5 Å². The Morgan fingerprint density at radius 1 is 1.44 bits per heavy atom. The molecule has 0 heterocycles. The van der Waals surface area contributed by atoms with Crippen molar-refractivity contribution in [1.29, 1.82) is 0 Å². The van der Waals surface area contributed by atoms with Crippen molar-refractivity contribution in [3.8, 4) is 0 Å². The molecule has 0 aliphatic carbocycles. The Morgan fingerprint density at radius 3 is 2.50 bits per heavy atom. The molecule has 100 valence electrons. The Morgan fingerprint density at radius 2 is 2.00 bits per heavy atom. The molecule has 4 nitrogen and oxygen atoms in total. The molecule has 1 atom stereocenters. The second kappa shape index (κ2) is 6.30. The maximum absolute atomic E-state index is 13.4. The van der Waals surface area contributed by atoms with Crippen LogP contribution in [0.25, 0.3) is 0 Å². The highest BCUT2D eigenvalue weighted by atomic mass is 19.1. The Kier molecular flexibility index (Phi) is 5.03. The van der Waals surface area contributed by atoms with E-state index in [1.807, 2.05) is 6.92 Å². The van der Waals surface area contributed by atoms with Gasteiger partial charge in [0.2, 0.25) is 0 Å². The fraction of sp³-hybridized carbons (Fsp3) is 0.417. The van der Waals surface area contributed by atoms with E-state index in [9.17, 15) is 8.78 Å². The zero-order valence-corrected chi connectivity index (χ0v) is 10.4. The van der Waals surface area contributed by atoms with E-state index >= 15 is 0 Å². The lowest BCUT2D eigenvalue weighted by Gasteiger charge is -2.24. The Bertz CT molecular complexity index is 417. The van der Waals surface area contributed by atoms with Crippen LogP contribution in [0.1, 0.15) is 18.9 Å². The molecule has 1 unspecified atom stereocenters. The van der Waals surface area contributed by atoms with E-state index in [0.29, 0.717) is 6.42 Å². The van der Waals surface area contributed by atoms with Crippen LogP contribution in [0, 0.1) is 11.6 Å². The van der Waals surface area contributed by atoms with Gasteiger partial charge in [-0.1, -0.05) is 11.2 Å². The first-order valence-electron chi connectivity index (χ1n) is 5.55. The summed E-state index contributed by atoms with van der Waals surface area (Å²) < 4.78 is 26.9. The monoisotopic (exact) mass is 257 g/mol. The van der Waals surface area contributed by atoms with Gasteiger partial charge in [0.25, 0.3) is 0 Å². The van der Waals surface area contributed by atoms with E-state index in [-0.39, 0.29) is 24.0 Å². The molecule has 0 bridgehead atoms. The molecule has 6 heteroatoms. The number of hydrogen-bond acceptors (Lipinski definition) is 3. The SMILES string of the molecule is CC(C/C(N)=N/O)N(C)Cc1c(F)cccc1F. The van der Waals surface area contributed by atoms with E-state index in [2.05, 4.69) is 5.16 Å². The minimum Gasteiger partial charge on any atom is -0.409 e. The molecule has 0 radical (unpaired) electrons. The number of nitrogens with two attached hydrogens (primary N) is 1. The molecule has 1 aromatic carbocycles. The molecule has 0 fully saturated rings. The van der Waals surface area contributed by atoms with Crippen LogP contribution in [-0.2, 0) is 6.54 Å². The molecular formula is C12H17F2N3O. The van der Waals surface area contributed by atoms with Crippen LogP contribution >= 0.6 is 0 Å². The highest BCUT2D eigenvalue weighted by Gasteiger charge is 2.16. The summed E-state index contributed by atoms with van der Waals surface area (Å²) >= 11 is 0. The molecule has 1 rings (SSSR count). The average molecular weight is 257 g/mol. The first-order valence-corrected chi connectivity index (χ1v) is 5.55. The van der Waals surface area contributed by atoms with Crippen LogP contribution in [0.15, 0.2) is 23.4 Å². The molecule has 0 amide bonds. The number of benzene rings is 1. The topological polar surface area (TPSA) is 61.9 Å². The molecule has 0 aromatic heterocycles. The summed E-state index contributed by atoms with van der Waals surface area (Å²) in [4.78, 5) is 1.74. The summed E-state index contributed by atoms with van der Waals surface area (Å²) in [6, 6.07) is 3.68. The summed E-state index contributed by atoms with van der Waals surface area (Å²) in [6.07, 6.45) is 0.322. The summed E-state index contributed by atoms with van der Waals surface area (Å²) in [5, 5.41) is 11.3. The van der Waals surface area contributed by atoms with Gasteiger partial charge in [0, 0.05) is 24.6 Å². The lowest BCUT2D eigenvalue weighted by molar-refractivity contribution is 0.244. The van der Waals surface area contributed by atoms with Gasteiger partial charge in [-0.3, -0.25) is 4.90 Å². The highest BCUT2D eigenvalue weighted by Crippen LogP contribution is 2.15. The molecule has 1 aromatic rings. The van der Waals surface area contributed by atoms with Crippen molar-refractivity contribution in [1.82, 2.24) is 4.90 Å². The van der Waals surface area contributed by atoms with Gasteiger partial charge in [0.15, 0.2) is 0 Å². The number of amidine groups is 1. The van der Waals surface area contributed by atoms with Gasteiger partial charge in [-0.2, -0.15) is 0 Å². The van der Waals surface area contributed by atoms with Crippen molar-refractivity contribution < 1.29 is 14.0 Å². The van der Waals surface area contributed by atoms with E-state index in [1.165, 1.54) is 18.2 Å². The van der Waals surface area contributed by atoms with Crippen LogP contribution in [0.4, 0.5) is 8.78 Å². The average Bonchev–Trinajstić information content (AvgIpc) is 2.33. The van der Waals surface area contributed by atoms with Crippen LogP contribution in [-0.4, -0.2) is 29.0 Å². The van der Waals surface area contributed by atoms with Crippen molar-refractivity contribution >= 4 is 5.84 Å². The maximum Gasteiger partial charge on any atom is 0.140 e. The molecular weight excluding hydrogens is 240 g/mol. The lowest BCUT2D eigenvalue weighted by atomic mass is 10.1. The van der Waals surface area contributed by atoms with Gasteiger partial charge >= 0.3 is 0 Å². The standard InChI is InChI=1S/C12H17F2N3O/c1-8(6-12(15)16-18)17(2)7-9-10(13)4-3-5-11(9)14/h3-5,8,18H,6-7H2,1-2H3,(H2,15,16). The first-order chi connectivity index (χ1) is 8.45. The largest absolute Gasteiger partial charge is 0.409 e. The van der Waals surface area contributed by atoms with E-state index in [4.69, 9.17) is 10.9 Å². The van der Waals surface area contributed by atoms with Gasteiger partial charge in [-0.25, -0.2) is 8.78 Å². The number of halogens is 2. The summed E-state index contributed by atoms with van der Waals surface area (Å²) in [5.74, 6) is -1.06. The van der Waals surface area contributed by atoms with Gasteiger partial charge in [-0.15, -0.1) is 0 Å². The summed E-state index contributed by atoms with van der Waals surface area (Å²) in [7, 11) is 1.72. The van der Waals surface area contributed by atoms with Crippen LogP contribution in [0.2, 0.25) is 0 Å². The third-order valence-corrected chi connectivity index (χ3v) is 2.85. The van der Waals surface area contributed by atoms with Crippen molar-refractivity contribution in [2.24, 2.45) is 10.9 Å². The predicted molar refractivity (Wildman–Crippen MR) is 65.3 cm³/mol. The molecule has 0 aliphatic heterocycles. The molecule has 3 N–H and O–H groups in total. The van der Waals surface area contributed by atoms with E-state index < -0.39 is 11.6 Å². The van der Waals surface area contributed by atoms with Crippen molar-refractivity contribution in [2.75, 3.05) is 7.05 Å². The first kappa shape index (κ1) is 14.4. The van der Waals surface area contributed by atoms with Gasteiger partial charge in [0.05, 0.1) is 0 Å². The Labute approximate surface area is 105 Å². The third-order valence-electron chi connectivity index (χ3n) is 2.85. The Balaban J connectivity index is 2.72. The summed E-state index contributed by atoms with van der Waals surface area (Å²) in [5.41, 5.74) is 5.41. The fourth-order valence-electron chi connectivity index (χ4n) is 1.59. The van der Waals surface area contributed by atoms with Crippen molar-refractivity contribution in [2.45, 2.75) is 25.9 Å². The number of rotatable bonds is 5. The van der Waals surface area contributed by atoms with Crippen LogP contribution in [0.3, 0.4) is 0 Å². The molecule has 0 saturated heterocycles. The Hall–Kier alpha value is -1.69. The summed E-state index contributed by atoms with van der Waals surface area (Å²) in [6.45, 7) is 1.95. The second-order valence-electron chi connectivity index (χ2n) is 4.26. The quantitative estimate of drug-likeness (QED) is 0.366. The predicted octanol–water partition coefficient (Wildman–Crippen LogP) is 1.92. The van der Waals surface area contributed by atoms with E-state index in [0.717, 1.165) is 0 Å². The normalized spacial score (nSPS) is 13.9. The number of nitrogens with zero attached hydrogens (tertiary/aromatic N) is 2. The molecule has 0 spiro atoms. The zero-order valence-electron chi connectivity index (χ0n) is 10.4. The fourth-order valence-corrected chi connectivity index (χ4v) is 1.59. The second-order valence-corrected chi connectivity index (χ2v) is 4.26.